The summed E-state index contributed by atoms with van der Waals surface area (Å²) < 4.78 is 10.7. The zero-order valence-electron chi connectivity index (χ0n) is 14.6. The lowest BCUT2D eigenvalue weighted by Crippen LogP contribution is -2.13. The van der Waals surface area contributed by atoms with Gasteiger partial charge >= 0.3 is 0 Å². The average Bonchev–Trinajstić information content (AvgIpc) is 2.66. The van der Waals surface area contributed by atoms with Crippen molar-refractivity contribution in [1.29, 1.82) is 0 Å². The SMILES string of the molecule is C=CCOc1ccc(C=CC(=O)Nc2ncc(C(N)=O)cc2Cl)cc1OC. The normalized spacial score (nSPS) is 10.4. The number of halogens is 1. The summed E-state index contributed by atoms with van der Waals surface area (Å²) in [5.74, 6) is 0.136. The minimum atomic E-state index is -0.656. The van der Waals surface area contributed by atoms with Crippen molar-refractivity contribution < 1.29 is 19.1 Å². The Morgan fingerprint density at radius 1 is 1.33 bits per heavy atom. The van der Waals surface area contributed by atoms with E-state index in [0.29, 0.717) is 18.1 Å². The maximum absolute atomic E-state index is 12.1. The van der Waals surface area contributed by atoms with E-state index in [1.807, 2.05) is 0 Å². The number of pyridine rings is 1. The standard InChI is InChI=1S/C19H18ClN3O4/c1-3-8-27-15-6-4-12(9-16(15)26-2)5-7-17(24)23-19-14(20)10-13(11-22-19)18(21)25/h3-7,9-11H,1,8H2,2H3,(H2,21,25)(H,22,23,24). The molecule has 140 valence electrons. The molecule has 0 aliphatic carbocycles. The number of nitrogens with one attached hydrogen (secondary N) is 1. The smallest absolute Gasteiger partial charge is 0.250 e. The number of primary amides is 1. The van der Waals surface area contributed by atoms with Gasteiger partial charge in [0.2, 0.25) is 11.8 Å². The summed E-state index contributed by atoms with van der Waals surface area (Å²) in [5.41, 5.74) is 6.03. The molecule has 8 heteroatoms. The highest BCUT2D eigenvalue weighted by atomic mass is 35.5. The number of hydrogen-bond acceptors (Lipinski definition) is 5. The highest BCUT2D eigenvalue weighted by Crippen LogP contribution is 2.28. The van der Waals surface area contributed by atoms with Crippen molar-refractivity contribution in [3.8, 4) is 11.5 Å². The van der Waals surface area contributed by atoms with Crippen LogP contribution < -0.4 is 20.5 Å². The van der Waals surface area contributed by atoms with Crippen molar-refractivity contribution in [2.24, 2.45) is 5.73 Å². The van der Waals surface area contributed by atoms with Crippen molar-refractivity contribution in [2.75, 3.05) is 19.0 Å². The fraction of sp³-hybridized carbons (Fsp3) is 0.105. The molecule has 0 spiro atoms. The van der Waals surface area contributed by atoms with Gasteiger partial charge in [0.1, 0.15) is 6.61 Å². The molecule has 1 heterocycles. The van der Waals surface area contributed by atoms with Crippen LogP contribution in [0.2, 0.25) is 5.02 Å². The lowest BCUT2D eigenvalue weighted by molar-refractivity contribution is -0.111. The highest BCUT2D eigenvalue weighted by molar-refractivity contribution is 6.33. The molecule has 3 N–H and O–H groups in total. The first kappa shape index (κ1) is 20.0. The van der Waals surface area contributed by atoms with Crippen molar-refractivity contribution in [2.45, 2.75) is 0 Å². The first-order valence-electron chi connectivity index (χ1n) is 7.80. The van der Waals surface area contributed by atoms with Crippen LogP contribution in [0.25, 0.3) is 6.08 Å². The molecule has 0 saturated carbocycles. The molecule has 0 unspecified atom stereocenters. The number of nitrogens with two attached hydrogens (primary N) is 1. The molecule has 0 bridgehead atoms. The Kier molecular flexibility index (Phi) is 6.96. The van der Waals surface area contributed by atoms with E-state index in [9.17, 15) is 9.59 Å². The van der Waals surface area contributed by atoms with E-state index >= 15 is 0 Å². The zero-order valence-corrected chi connectivity index (χ0v) is 15.3. The second kappa shape index (κ2) is 9.40. The van der Waals surface area contributed by atoms with Gasteiger partial charge in [0, 0.05) is 12.3 Å². The van der Waals surface area contributed by atoms with Gasteiger partial charge in [-0.05, 0) is 29.8 Å². The van der Waals surface area contributed by atoms with Gasteiger partial charge in [-0.2, -0.15) is 0 Å². The van der Waals surface area contributed by atoms with Crippen LogP contribution in [0.15, 0.2) is 49.2 Å². The molecule has 0 atom stereocenters. The minimum Gasteiger partial charge on any atom is -0.493 e. The van der Waals surface area contributed by atoms with Gasteiger partial charge in [0.25, 0.3) is 0 Å². The predicted octanol–water partition coefficient (Wildman–Crippen LogP) is 3.06. The summed E-state index contributed by atoms with van der Waals surface area (Å²) in [6, 6.07) is 6.58. The summed E-state index contributed by atoms with van der Waals surface area (Å²) in [7, 11) is 1.53. The second-order valence-electron chi connectivity index (χ2n) is 5.25. The summed E-state index contributed by atoms with van der Waals surface area (Å²) in [6.07, 6.45) is 5.78. The summed E-state index contributed by atoms with van der Waals surface area (Å²) in [6.45, 7) is 3.95. The number of methoxy groups -OCH3 is 1. The van der Waals surface area contributed by atoms with Gasteiger partial charge in [-0.3, -0.25) is 9.59 Å². The second-order valence-corrected chi connectivity index (χ2v) is 5.66. The van der Waals surface area contributed by atoms with Gasteiger partial charge in [-0.25, -0.2) is 4.98 Å². The number of anilines is 1. The summed E-state index contributed by atoms with van der Waals surface area (Å²) in [5, 5.41) is 2.64. The molecule has 0 saturated heterocycles. The molecular weight excluding hydrogens is 370 g/mol. The van der Waals surface area contributed by atoms with Crippen molar-refractivity contribution in [3.05, 3.63) is 65.3 Å². The maximum atomic E-state index is 12.1. The maximum Gasteiger partial charge on any atom is 0.250 e. The Hall–Kier alpha value is -3.32. The van der Waals surface area contributed by atoms with Gasteiger partial charge < -0.3 is 20.5 Å². The van der Waals surface area contributed by atoms with Crippen LogP contribution in [0, 0.1) is 0 Å². The molecule has 2 rings (SSSR count). The Labute approximate surface area is 161 Å². The molecule has 0 radical (unpaired) electrons. The number of amides is 2. The molecule has 0 fully saturated rings. The van der Waals surface area contributed by atoms with Crippen LogP contribution in [0.4, 0.5) is 5.82 Å². The zero-order chi connectivity index (χ0) is 19.8. The fourth-order valence-corrected chi connectivity index (χ4v) is 2.26. The van der Waals surface area contributed by atoms with E-state index < -0.39 is 11.8 Å². The Bertz CT molecular complexity index is 897. The number of hydrogen-bond donors (Lipinski definition) is 2. The van der Waals surface area contributed by atoms with Gasteiger partial charge in [0.15, 0.2) is 17.3 Å². The van der Waals surface area contributed by atoms with Crippen LogP contribution in [-0.2, 0) is 4.79 Å². The molecule has 0 aliphatic heterocycles. The van der Waals surface area contributed by atoms with Gasteiger partial charge in [0.05, 0.1) is 17.7 Å². The fourth-order valence-electron chi connectivity index (χ4n) is 2.05. The summed E-state index contributed by atoms with van der Waals surface area (Å²) in [4.78, 5) is 27.1. The van der Waals surface area contributed by atoms with E-state index in [0.717, 1.165) is 5.56 Å². The topological polar surface area (TPSA) is 104 Å². The third-order valence-electron chi connectivity index (χ3n) is 3.34. The first-order valence-corrected chi connectivity index (χ1v) is 8.18. The predicted molar refractivity (Wildman–Crippen MR) is 104 cm³/mol. The van der Waals surface area contributed by atoms with Crippen LogP contribution in [0.3, 0.4) is 0 Å². The Morgan fingerprint density at radius 2 is 2.11 bits per heavy atom. The molecule has 7 nitrogen and oxygen atoms in total. The molecule has 27 heavy (non-hydrogen) atoms. The van der Waals surface area contributed by atoms with E-state index in [2.05, 4.69) is 16.9 Å². The largest absolute Gasteiger partial charge is 0.493 e. The van der Waals surface area contributed by atoms with Gasteiger partial charge in [-0.1, -0.05) is 30.3 Å². The van der Waals surface area contributed by atoms with Crippen LogP contribution in [0.5, 0.6) is 11.5 Å². The van der Waals surface area contributed by atoms with Crippen molar-refractivity contribution in [1.82, 2.24) is 4.98 Å². The molecule has 1 aromatic carbocycles. The molecule has 2 amide bonds. The number of carbonyl (C=O) groups is 2. The monoisotopic (exact) mass is 387 g/mol. The number of aromatic nitrogens is 1. The Morgan fingerprint density at radius 3 is 2.74 bits per heavy atom. The molecule has 0 aliphatic rings. The third-order valence-corrected chi connectivity index (χ3v) is 3.63. The highest BCUT2D eigenvalue weighted by Gasteiger charge is 2.09. The third kappa shape index (κ3) is 5.58. The van der Waals surface area contributed by atoms with E-state index in [4.69, 9.17) is 26.8 Å². The number of ether oxygens (including phenoxy) is 2. The Balaban J connectivity index is 2.08. The van der Waals surface area contributed by atoms with Crippen molar-refractivity contribution in [3.63, 3.8) is 0 Å². The lowest BCUT2D eigenvalue weighted by atomic mass is 10.2. The van der Waals surface area contributed by atoms with E-state index in [-0.39, 0.29) is 16.4 Å². The molecule has 1 aromatic heterocycles. The average molecular weight is 388 g/mol. The van der Waals surface area contributed by atoms with Crippen LogP contribution in [-0.4, -0.2) is 30.5 Å². The molecular formula is C19H18ClN3O4. The van der Waals surface area contributed by atoms with E-state index in [1.165, 1.54) is 25.4 Å². The summed E-state index contributed by atoms with van der Waals surface area (Å²) >= 11 is 5.99. The van der Waals surface area contributed by atoms with E-state index in [1.54, 1.807) is 30.4 Å². The molecule has 2 aromatic rings. The van der Waals surface area contributed by atoms with Crippen LogP contribution in [0.1, 0.15) is 15.9 Å². The first-order chi connectivity index (χ1) is 12.9. The van der Waals surface area contributed by atoms with Gasteiger partial charge in [-0.15, -0.1) is 0 Å². The minimum absolute atomic E-state index is 0.110. The number of rotatable bonds is 8. The lowest BCUT2D eigenvalue weighted by Gasteiger charge is -2.09. The number of benzene rings is 1. The number of nitrogens with zero attached hydrogens (tertiary/aromatic N) is 1. The quantitative estimate of drug-likeness (QED) is 0.535. The van der Waals surface area contributed by atoms with Crippen LogP contribution >= 0.6 is 11.6 Å². The number of carbonyl (C=O) groups excluding carboxylic acids is 2. The van der Waals surface area contributed by atoms with Crippen molar-refractivity contribution >= 4 is 35.3 Å².